The minimum absolute atomic E-state index is 0.0513. The van der Waals surface area contributed by atoms with Crippen molar-refractivity contribution in [3.05, 3.63) is 70.9 Å². The molecule has 2 fully saturated rings. The topological polar surface area (TPSA) is 58.9 Å². The van der Waals surface area contributed by atoms with Crippen molar-refractivity contribution in [2.75, 3.05) is 4.90 Å². The molecule has 0 bridgehead atoms. The lowest BCUT2D eigenvalue weighted by Gasteiger charge is -2.30. The molecule has 0 radical (unpaired) electrons. The molecule has 29 heavy (non-hydrogen) atoms. The van der Waals surface area contributed by atoms with E-state index >= 15 is 0 Å². The summed E-state index contributed by atoms with van der Waals surface area (Å²) < 4.78 is 0. The summed E-state index contributed by atoms with van der Waals surface area (Å²) in [7, 11) is 0. The van der Waals surface area contributed by atoms with Crippen LogP contribution < -0.4 is 9.80 Å². The van der Waals surface area contributed by atoms with Gasteiger partial charge in [-0.1, -0.05) is 30.3 Å². The minimum Gasteiger partial charge on any atom is -0.293 e. The highest BCUT2D eigenvalue weighted by molar-refractivity contribution is 6.23. The molecule has 0 spiro atoms. The molecular weight excluding hydrogens is 364 g/mol. The van der Waals surface area contributed by atoms with Crippen LogP contribution in [0.1, 0.15) is 35.2 Å². The smallest absolute Gasteiger partial charge is 0.244 e. The van der Waals surface area contributed by atoms with E-state index in [0.29, 0.717) is 5.69 Å². The number of nitrogens with zero attached hydrogens (tertiary/aromatic N) is 1. The maximum Gasteiger partial charge on any atom is 0.244 e. The van der Waals surface area contributed by atoms with E-state index in [9.17, 15) is 14.4 Å². The van der Waals surface area contributed by atoms with Crippen molar-refractivity contribution < 1.29 is 19.3 Å². The number of amides is 2. The van der Waals surface area contributed by atoms with Gasteiger partial charge in [-0.25, -0.2) is 4.90 Å². The van der Waals surface area contributed by atoms with Crippen LogP contribution in [0.15, 0.2) is 48.7 Å². The number of rotatable bonds is 2. The van der Waals surface area contributed by atoms with Crippen LogP contribution in [0.2, 0.25) is 0 Å². The molecular formula is C24H23N2O3+. The van der Waals surface area contributed by atoms with Crippen molar-refractivity contribution in [1.82, 2.24) is 0 Å². The van der Waals surface area contributed by atoms with Gasteiger partial charge < -0.3 is 0 Å². The Bertz CT molecular complexity index is 1100. The van der Waals surface area contributed by atoms with Crippen LogP contribution in [0.4, 0.5) is 5.69 Å². The van der Waals surface area contributed by atoms with Crippen molar-refractivity contribution in [2.45, 2.75) is 32.9 Å². The third-order valence-corrected chi connectivity index (χ3v) is 6.81. The molecule has 5 nitrogen and oxygen atoms in total. The van der Waals surface area contributed by atoms with Gasteiger partial charge in [0.1, 0.15) is 17.9 Å². The van der Waals surface area contributed by atoms with E-state index in [2.05, 4.69) is 0 Å². The molecule has 146 valence electrons. The summed E-state index contributed by atoms with van der Waals surface area (Å²) in [6.07, 6.45) is 3.95. The normalized spacial score (nSPS) is 29.6. The van der Waals surface area contributed by atoms with E-state index in [1.807, 2.05) is 68.6 Å². The molecule has 1 N–H and O–H groups in total. The SMILES string of the molecule is CC(=O)[C@H]1[C@H]2C(=O)N(c3ccc(C)c(C)c3)C(=O)[C@H]2[C@H]2c3ccccc3C=C[NH+]21. The number of anilines is 1. The van der Waals surface area contributed by atoms with E-state index in [0.717, 1.165) is 27.2 Å². The summed E-state index contributed by atoms with van der Waals surface area (Å²) in [5.41, 5.74) is 4.82. The summed E-state index contributed by atoms with van der Waals surface area (Å²) >= 11 is 0. The number of ketones is 1. The molecule has 0 aliphatic carbocycles. The lowest BCUT2D eigenvalue weighted by Crippen LogP contribution is -3.12. The van der Waals surface area contributed by atoms with E-state index in [4.69, 9.17) is 0 Å². The number of nitrogens with one attached hydrogen (secondary N) is 1. The van der Waals surface area contributed by atoms with Crippen molar-refractivity contribution in [2.24, 2.45) is 11.8 Å². The van der Waals surface area contributed by atoms with Crippen LogP contribution in [-0.2, 0) is 14.4 Å². The van der Waals surface area contributed by atoms with Gasteiger partial charge in [0, 0.05) is 12.5 Å². The Morgan fingerprint density at radius 3 is 2.41 bits per heavy atom. The van der Waals surface area contributed by atoms with E-state index in [1.165, 1.54) is 11.8 Å². The summed E-state index contributed by atoms with van der Waals surface area (Å²) in [4.78, 5) is 41.9. The quantitative estimate of drug-likeness (QED) is 0.802. The predicted molar refractivity (Wildman–Crippen MR) is 109 cm³/mol. The van der Waals surface area contributed by atoms with Gasteiger partial charge in [0.05, 0.1) is 11.9 Å². The number of aryl methyl sites for hydroxylation is 2. The zero-order valence-corrected chi connectivity index (χ0v) is 16.7. The second kappa shape index (κ2) is 6.22. The third-order valence-electron chi connectivity index (χ3n) is 6.81. The van der Waals surface area contributed by atoms with Crippen molar-refractivity contribution >= 4 is 29.4 Å². The van der Waals surface area contributed by atoms with Gasteiger partial charge in [0.15, 0.2) is 11.8 Å². The molecule has 2 saturated heterocycles. The number of imide groups is 1. The van der Waals surface area contributed by atoms with Gasteiger partial charge in [0.2, 0.25) is 11.8 Å². The van der Waals surface area contributed by atoms with Gasteiger partial charge in [-0.05, 0) is 48.7 Å². The molecule has 0 aromatic heterocycles. The Kier molecular flexibility index (Phi) is 3.87. The number of hydrogen-bond acceptors (Lipinski definition) is 3. The van der Waals surface area contributed by atoms with E-state index in [-0.39, 0.29) is 23.6 Å². The largest absolute Gasteiger partial charge is 0.293 e. The highest BCUT2D eigenvalue weighted by Crippen LogP contribution is 2.44. The van der Waals surface area contributed by atoms with Crippen molar-refractivity contribution in [3.8, 4) is 0 Å². The second-order valence-corrected chi connectivity index (χ2v) is 8.36. The van der Waals surface area contributed by atoms with Gasteiger partial charge in [-0.2, -0.15) is 0 Å². The zero-order chi connectivity index (χ0) is 20.4. The number of fused-ring (bicyclic) bond motifs is 5. The number of hydrogen-bond donors (Lipinski definition) is 1. The zero-order valence-electron chi connectivity index (χ0n) is 16.7. The lowest BCUT2D eigenvalue weighted by atomic mass is 9.84. The monoisotopic (exact) mass is 387 g/mol. The van der Waals surface area contributed by atoms with E-state index < -0.39 is 17.9 Å². The third kappa shape index (κ3) is 2.40. The molecule has 2 amide bonds. The molecule has 5 atom stereocenters. The summed E-state index contributed by atoms with van der Waals surface area (Å²) in [6, 6.07) is 12.8. The average Bonchev–Trinajstić information content (AvgIpc) is 3.17. The maximum atomic E-state index is 13.6. The fourth-order valence-corrected chi connectivity index (χ4v) is 5.34. The fourth-order valence-electron chi connectivity index (χ4n) is 5.34. The predicted octanol–water partition coefficient (Wildman–Crippen LogP) is 1.99. The molecule has 2 aromatic rings. The molecule has 0 saturated carbocycles. The second-order valence-electron chi connectivity index (χ2n) is 8.36. The summed E-state index contributed by atoms with van der Waals surface area (Å²) in [5, 5.41) is 0. The molecule has 3 heterocycles. The Balaban J connectivity index is 1.65. The molecule has 5 heteroatoms. The Labute approximate surface area is 169 Å². The summed E-state index contributed by atoms with van der Waals surface area (Å²) in [6.45, 7) is 5.50. The minimum atomic E-state index is -0.627. The Morgan fingerprint density at radius 1 is 0.966 bits per heavy atom. The molecule has 5 rings (SSSR count). The number of Topliss-reactive ketones (excluding diaryl/α,β-unsaturated/α-hetero) is 1. The van der Waals surface area contributed by atoms with Crippen molar-refractivity contribution in [3.63, 3.8) is 0 Å². The van der Waals surface area contributed by atoms with E-state index in [1.54, 1.807) is 0 Å². The standard InChI is InChI=1S/C24H22N2O3/c1-13-8-9-17(12-14(13)2)26-23(28)19-20(24(26)29)22-18-7-5-4-6-16(18)10-11-25(22)21(19)15(3)27/h4-12,19-22H,1-3H3/p+1/t19-,20+,21-,22+/m0/s1. The van der Waals surface area contributed by atoms with Gasteiger partial charge in [0.25, 0.3) is 0 Å². The maximum absolute atomic E-state index is 13.6. The van der Waals surface area contributed by atoms with Crippen LogP contribution >= 0.6 is 0 Å². The summed E-state index contributed by atoms with van der Waals surface area (Å²) in [5.74, 6) is -1.66. The van der Waals surface area contributed by atoms with Crippen molar-refractivity contribution in [1.29, 1.82) is 0 Å². The van der Waals surface area contributed by atoms with Crippen LogP contribution in [0.5, 0.6) is 0 Å². The molecule has 3 aliphatic rings. The first kappa shape index (κ1) is 18.0. The number of benzene rings is 2. The van der Waals surface area contributed by atoms with Gasteiger partial charge >= 0.3 is 0 Å². The van der Waals surface area contributed by atoms with Crippen LogP contribution in [-0.4, -0.2) is 23.6 Å². The number of quaternary nitrogens is 1. The molecule has 2 aromatic carbocycles. The molecule has 3 aliphatic heterocycles. The first-order valence-electron chi connectivity index (χ1n) is 9.99. The first-order chi connectivity index (χ1) is 13.9. The first-order valence-corrected chi connectivity index (χ1v) is 9.99. The Morgan fingerprint density at radius 2 is 1.69 bits per heavy atom. The Hall–Kier alpha value is -3.05. The van der Waals surface area contributed by atoms with Crippen LogP contribution in [0.25, 0.3) is 6.08 Å². The number of carbonyl (C=O) groups is 3. The van der Waals surface area contributed by atoms with Gasteiger partial charge in [-0.15, -0.1) is 0 Å². The van der Waals surface area contributed by atoms with Crippen LogP contribution in [0, 0.1) is 25.7 Å². The lowest BCUT2D eigenvalue weighted by molar-refractivity contribution is -0.884. The fraction of sp³-hybridized carbons (Fsp3) is 0.292. The van der Waals surface area contributed by atoms with Gasteiger partial charge in [-0.3, -0.25) is 19.3 Å². The molecule has 1 unspecified atom stereocenters. The number of carbonyl (C=O) groups excluding carboxylic acids is 3. The highest BCUT2D eigenvalue weighted by Gasteiger charge is 2.67. The highest BCUT2D eigenvalue weighted by atomic mass is 16.2. The van der Waals surface area contributed by atoms with Crippen LogP contribution in [0.3, 0.4) is 0 Å². The average molecular weight is 387 g/mol.